The van der Waals surface area contributed by atoms with Crippen molar-refractivity contribution in [3.63, 3.8) is 0 Å². The van der Waals surface area contributed by atoms with E-state index in [1.807, 2.05) is 55.5 Å². The molecule has 4 rings (SSSR count). The van der Waals surface area contributed by atoms with E-state index in [0.29, 0.717) is 24.1 Å². The maximum absolute atomic E-state index is 5.81. The van der Waals surface area contributed by atoms with Gasteiger partial charge in [0.15, 0.2) is 0 Å². The highest BCUT2D eigenvalue weighted by atomic mass is 16.4. The molecule has 4 aromatic rings. The Morgan fingerprint density at radius 3 is 2.58 bits per heavy atom. The second-order valence-electron chi connectivity index (χ2n) is 5.86. The second kappa shape index (κ2) is 6.76. The molecule has 0 aliphatic carbocycles. The SMILES string of the molecule is C=CCNc1nc(-c2nnc(-c3ccc(C)cc3)o2)nc2ccccc12. The third kappa shape index (κ3) is 3.04. The normalized spacial score (nSPS) is 10.8. The van der Waals surface area contributed by atoms with Crippen molar-refractivity contribution in [2.24, 2.45) is 0 Å². The lowest BCUT2D eigenvalue weighted by molar-refractivity contribution is 0.579. The van der Waals surface area contributed by atoms with E-state index in [9.17, 15) is 0 Å². The standard InChI is InChI=1S/C20H17N5O/c1-3-12-21-17-15-6-4-5-7-16(15)22-18(23-17)20-25-24-19(26-20)14-10-8-13(2)9-11-14/h3-11H,1,12H2,2H3,(H,21,22,23). The van der Waals surface area contributed by atoms with Gasteiger partial charge in [0, 0.05) is 17.5 Å². The summed E-state index contributed by atoms with van der Waals surface area (Å²) < 4.78 is 5.81. The first-order valence-corrected chi connectivity index (χ1v) is 8.27. The van der Waals surface area contributed by atoms with Gasteiger partial charge in [-0.3, -0.25) is 0 Å². The molecule has 6 heteroatoms. The Kier molecular flexibility index (Phi) is 4.15. The first kappa shape index (κ1) is 16.0. The lowest BCUT2D eigenvalue weighted by atomic mass is 10.1. The molecular formula is C20H17N5O. The van der Waals surface area contributed by atoms with Gasteiger partial charge in [-0.2, -0.15) is 0 Å². The number of fused-ring (bicyclic) bond motifs is 1. The largest absolute Gasteiger partial charge is 0.413 e. The zero-order chi connectivity index (χ0) is 17.9. The Balaban J connectivity index is 1.77. The number of nitrogens with zero attached hydrogens (tertiary/aromatic N) is 4. The van der Waals surface area contributed by atoms with E-state index >= 15 is 0 Å². The molecule has 0 fully saturated rings. The fourth-order valence-corrected chi connectivity index (χ4v) is 2.60. The summed E-state index contributed by atoms with van der Waals surface area (Å²) in [6.07, 6.45) is 1.78. The zero-order valence-corrected chi connectivity index (χ0v) is 14.3. The number of aromatic nitrogens is 4. The van der Waals surface area contributed by atoms with Crippen molar-refractivity contribution < 1.29 is 4.42 Å². The van der Waals surface area contributed by atoms with Gasteiger partial charge < -0.3 is 9.73 Å². The van der Waals surface area contributed by atoms with Crippen LogP contribution in [0.1, 0.15) is 5.56 Å². The summed E-state index contributed by atoms with van der Waals surface area (Å²) in [7, 11) is 0. The summed E-state index contributed by atoms with van der Waals surface area (Å²) in [6, 6.07) is 15.7. The van der Waals surface area contributed by atoms with Crippen LogP contribution in [-0.2, 0) is 0 Å². The molecule has 0 atom stereocenters. The molecule has 128 valence electrons. The monoisotopic (exact) mass is 343 g/mol. The van der Waals surface area contributed by atoms with Crippen molar-refractivity contribution in [2.75, 3.05) is 11.9 Å². The van der Waals surface area contributed by atoms with Crippen molar-refractivity contribution in [3.05, 3.63) is 66.7 Å². The highest BCUT2D eigenvalue weighted by Crippen LogP contribution is 2.26. The van der Waals surface area contributed by atoms with Crippen LogP contribution in [0.4, 0.5) is 5.82 Å². The highest BCUT2D eigenvalue weighted by molar-refractivity contribution is 5.90. The maximum atomic E-state index is 5.81. The molecule has 0 unspecified atom stereocenters. The third-order valence-electron chi connectivity index (χ3n) is 3.93. The zero-order valence-electron chi connectivity index (χ0n) is 14.3. The minimum atomic E-state index is 0.285. The van der Waals surface area contributed by atoms with Gasteiger partial charge >= 0.3 is 0 Å². The Labute approximate surface area is 150 Å². The van der Waals surface area contributed by atoms with Crippen molar-refractivity contribution in [1.82, 2.24) is 20.2 Å². The Hall–Kier alpha value is -3.54. The molecular weight excluding hydrogens is 326 g/mol. The van der Waals surface area contributed by atoms with Gasteiger partial charge in [0.05, 0.1) is 5.52 Å². The molecule has 0 aliphatic heterocycles. The highest BCUT2D eigenvalue weighted by Gasteiger charge is 2.15. The fraction of sp³-hybridized carbons (Fsp3) is 0.100. The number of benzene rings is 2. The summed E-state index contributed by atoms with van der Waals surface area (Å²) in [5, 5.41) is 12.4. The predicted octanol–water partition coefficient (Wildman–Crippen LogP) is 4.25. The van der Waals surface area contributed by atoms with Crippen LogP contribution in [0, 0.1) is 6.92 Å². The average molecular weight is 343 g/mol. The molecule has 0 spiro atoms. The molecule has 6 nitrogen and oxygen atoms in total. The minimum absolute atomic E-state index is 0.285. The number of para-hydroxylation sites is 1. The third-order valence-corrected chi connectivity index (χ3v) is 3.93. The van der Waals surface area contributed by atoms with Crippen molar-refractivity contribution >= 4 is 16.7 Å². The first-order chi connectivity index (χ1) is 12.7. The molecule has 1 N–H and O–H groups in total. The van der Waals surface area contributed by atoms with Crippen molar-refractivity contribution in [2.45, 2.75) is 6.92 Å². The van der Waals surface area contributed by atoms with E-state index in [0.717, 1.165) is 16.5 Å². The van der Waals surface area contributed by atoms with E-state index < -0.39 is 0 Å². The molecule has 2 aromatic heterocycles. The van der Waals surface area contributed by atoms with Gasteiger partial charge in [0.1, 0.15) is 5.82 Å². The number of aryl methyl sites for hydroxylation is 1. The van der Waals surface area contributed by atoms with Crippen LogP contribution >= 0.6 is 0 Å². The van der Waals surface area contributed by atoms with E-state index in [-0.39, 0.29) is 5.89 Å². The van der Waals surface area contributed by atoms with E-state index in [2.05, 4.69) is 32.1 Å². The van der Waals surface area contributed by atoms with Crippen LogP contribution in [0.5, 0.6) is 0 Å². The fourth-order valence-electron chi connectivity index (χ4n) is 2.60. The van der Waals surface area contributed by atoms with Crippen molar-refractivity contribution in [1.29, 1.82) is 0 Å². The Morgan fingerprint density at radius 2 is 1.77 bits per heavy atom. The molecule has 2 heterocycles. The van der Waals surface area contributed by atoms with Crippen LogP contribution < -0.4 is 5.32 Å². The number of hydrogen-bond acceptors (Lipinski definition) is 6. The summed E-state index contributed by atoms with van der Waals surface area (Å²) in [6.45, 7) is 6.36. The predicted molar refractivity (Wildman–Crippen MR) is 102 cm³/mol. The molecule has 0 radical (unpaired) electrons. The van der Waals surface area contributed by atoms with E-state index in [1.54, 1.807) is 6.08 Å². The number of anilines is 1. The van der Waals surface area contributed by atoms with Crippen LogP contribution in [0.15, 0.2) is 65.6 Å². The van der Waals surface area contributed by atoms with Crippen LogP contribution in [0.3, 0.4) is 0 Å². The molecule has 0 saturated heterocycles. The summed E-state index contributed by atoms with van der Waals surface area (Å²) in [5.41, 5.74) is 2.84. The molecule has 2 aromatic carbocycles. The van der Waals surface area contributed by atoms with Crippen LogP contribution in [0.2, 0.25) is 0 Å². The van der Waals surface area contributed by atoms with Gasteiger partial charge in [0.2, 0.25) is 11.7 Å². The summed E-state index contributed by atoms with van der Waals surface area (Å²) in [4.78, 5) is 9.13. The maximum Gasteiger partial charge on any atom is 0.286 e. The summed E-state index contributed by atoms with van der Waals surface area (Å²) in [5.74, 6) is 1.83. The second-order valence-corrected chi connectivity index (χ2v) is 5.86. The van der Waals surface area contributed by atoms with E-state index in [1.165, 1.54) is 5.56 Å². The van der Waals surface area contributed by atoms with E-state index in [4.69, 9.17) is 4.42 Å². The van der Waals surface area contributed by atoms with Gasteiger partial charge in [-0.1, -0.05) is 35.9 Å². The van der Waals surface area contributed by atoms with Crippen LogP contribution in [-0.4, -0.2) is 26.7 Å². The van der Waals surface area contributed by atoms with Crippen LogP contribution in [0.25, 0.3) is 34.1 Å². The van der Waals surface area contributed by atoms with Gasteiger partial charge in [-0.05, 0) is 31.2 Å². The van der Waals surface area contributed by atoms with Crippen molar-refractivity contribution in [3.8, 4) is 23.2 Å². The van der Waals surface area contributed by atoms with Gasteiger partial charge in [-0.25, -0.2) is 9.97 Å². The summed E-state index contributed by atoms with van der Waals surface area (Å²) >= 11 is 0. The Bertz CT molecular complexity index is 1070. The average Bonchev–Trinajstić information content (AvgIpc) is 3.16. The smallest absolute Gasteiger partial charge is 0.286 e. The first-order valence-electron chi connectivity index (χ1n) is 8.27. The molecule has 0 bridgehead atoms. The van der Waals surface area contributed by atoms with Gasteiger partial charge in [-0.15, -0.1) is 16.8 Å². The quantitative estimate of drug-likeness (QED) is 0.546. The number of hydrogen-bond donors (Lipinski definition) is 1. The molecule has 0 saturated carbocycles. The lowest BCUT2D eigenvalue weighted by Crippen LogP contribution is -2.03. The van der Waals surface area contributed by atoms with Gasteiger partial charge in [0.25, 0.3) is 5.89 Å². The Morgan fingerprint density at radius 1 is 1.00 bits per heavy atom. The lowest BCUT2D eigenvalue weighted by Gasteiger charge is -2.07. The molecule has 0 amide bonds. The number of rotatable bonds is 5. The molecule has 0 aliphatic rings. The topological polar surface area (TPSA) is 76.7 Å². The number of nitrogens with one attached hydrogen (secondary N) is 1. The molecule has 26 heavy (non-hydrogen) atoms. The minimum Gasteiger partial charge on any atom is -0.413 e.